The second-order valence-electron chi connectivity index (χ2n) is 4.32. The van der Waals surface area contributed by atoms with Crippen molar-refractivity contribution in [2.45, 2.75) is 32.4 Å². The standard InChI is InChI=1S/C11H13N5OS/c1-7-14-15-10(16(7)8-2-3-8)4-12-11(17)9-5-18-6-13-9/h5-6,8H,2-4H2,1H3,(H,12,17). The van der Waals surface area contributed by atoms with Crippen LogP contribution >= 0.6 is 11.3 Å². The van der Waals surface area contributed by atoms with Gasteiger partial charge in [0, 0.05) is 11.4 Å². The minimum absolute atomic E-state index is 0.167. The monoisotopic (exact) mass is 263 g/mol. The summed E-state index contributed by atoms with van der Waals surface area (Å²) in [5.41, 5.74) is 2.10. The van der Waals surface area contributed by atoms with Crippen molar-refractivity contribution in [3.63, 3.8) is 0 Å². The van der Waals surface area contributed by atoms with E-state index in [-0.39, 0.29) is 5.91 Å². The highest BCUT2D eigenvalue weighted by Gasteiger charge is 2.28. The van der Waals surface area contributed by atoms with Gasteiger partial charge in [-0.25, -0.2) is 4.98 Å². The lowest BCUT2D eigenvalue weighted by atomic mass is 10.4. The molecule has 6 nitrogen and oxygen atoms in total. The zero-order valence-electron chi connectivity index (χ0n) is 9.96. The highest BCUT2D eigenvalue weighted by Crippen LogP contribution is 2.36. The lowest BCUT2D eigenvalue weighted by Crippen LogP contribution is -2.25. The van der Waals surface area contributed by atoms with Crippen LogP contribution in [0.25, 0.3) is 0 Å². The van der Waals surface area contributed by atoms with Gasteiger partial charge < -0.3 is 9.88 Å². The smallest absolute Gasteiger partial charge is 0.271 e. The van der Waals surface area contributed by atoms with Crippen LogP contribution in [0.5, 0.6) is 0 Å². The van der Waals surface area contributed by atoms with Crippen LogP contribution in [-0.2, 0) is 6.54 Å². The first-order chi connectivity index (χ1) is 8.75. The van der Waals surface area contributed by atoms with Gasteiger partial charge in [-0.05, 0) is 19.8 Å². The molecule has 1 aliphatic rings. The molecule has 94 valence electrons. The fourth-order valence-corrected chi connectivity index (χ4v) is 2.45. The molecule has 0 bridgehead atoms. The Balaban J connectivity index is 1.68. The summed E-state index contributed by atoms with van der Waals surface area (Å²) in [5, 5.41) is 12.7. The van der Waals surface area contributed by atoms with Gasteiger partial charge in [0.05, 0.1) is 12.1 Å². The molecule has 7 heteroatoms. The summed E-state index contributed by atoms with van der Waals surface area (Å²) in [7, 11) is 0. The summed E-state index contributed by atoms with van der Waals surface area (Å²) in [5.74, 6) is 1.56. The molecule has 1 fully saturated rings. The summed E-state index contributed by atoms with van der Waals surface area (Å²) in [6.45, 7) is 2.34. The second-order valence-corrected chi connectivity index (χ2v) is 5.04. The first kappa shape index (κ1) is 11.3. The topological polar surface area (TPSA) is 72.7 Å². The molecule has 0 aliphatic heterocycles. The maximum atomic E-state index is 11.8. The molecule has 1 saturated carbocycles. The van der Waals surface area contributed by atoms with Crippen molar-refractivity contribution in [2.75, 3.05) is 0 Å². The molecule has 0 radical (unpaired) electrons. The van der Waals surface area contributed by atoms with Gasteiger partial charge in [-0.3, -0.25) is 4.79 Å². The van der Waals surface area contributed by atoms with Crippen molar-refractivity contribution in [2.24, 2.45) is 0 Å². The number of thiazole rings is 1. The summed E-state index contributed by atoms with van der Waals surface area (Å²) >= 11 is 1.41. The molecule has 1 amide bonds. The van der Waals surface area contributed by atoms with Crippen LogP contribution in [-0.4, -0.2) is 25.7 Å². The van der Waals surface area contributed by atoms with Gasteiger partial charge in [0.1, 0.15) is 11.5 Å². The predicted octanol–water partition coefficient (Wildman–Crippen LogP) is 1.31. The van der Waals surface area contributed by atoms with Crippen molar-refractivity contribution < 1.29 is 4.79 Å². The second kappa shape index (κ2) is 4.49. The molecule has 2 aromatic heterocycles. The average Bonchev–Trinajstić information content (AvgIpc) is 2.92. The van der Waals surface area contributed by atoms with Gasteiger partial charge in [0.25, 0.3) is 5.91 Å². The quantitative estimate of drug-likeness (QED) is 0.902. The van der Waals surface area contributed by atoms with E-state index in [1.165, 1.54) is 24.2 Å². The molecule has 0 spiro atoms. The van der Waals surface area contributed by atoms with E-state index in [9.17, 15) is 4.79 Å². The van der Waals surface area contributed by atoms with E-state index in [2.05, 4.69) is 25.1 Å². The summed E-state index contributed by atoms with van der Waals surface area (Å²) < 4.78 is 2.11. The number of aromatic nitrogens is 4. The Morgan fingerprint density at radius 3 is 3.06 bits per heavy atom. The third-order valence-electron chi connectivity index (χ3n) is 2.92. The summed E-state index contributed by atoms with van der Waals surface area (Å²) in [6.07, 6.45) is 2.35. The van der Waals surface area contributed by atoms with Crippen LogP contribution < -0.4 is 5.32 Å². The van der Waals surface area contributed by atoms with Crippen molar-refractivity contribution in [3.8, 4) is 0 Å². The predicted molar refractivity (Wildman–Crippen MR) is 66.3 cm³/mol. The van der Waals surface area contributed by atoms with Crippen LogP contribution in [0, 0.1) is 6.92 Å². The van der Waals surface area contributed by atoms with E-state index < -0.39 is 0 Å². The fourth-order valence-electron chi connectivity index (χ4n) is 1.92. The Morgan fingerprint density at radius 2 is 2.39 bits per heavy atom. The van der Waals surface area contributed by atoms with E-state index >= 15 is 0 Å². The molecule has 0 aromatic carbocycles. The Morgan fingerprint density at radius 1 is 1.56 bits per heavy atom. The van der Waals surface area contributed by atoms with Gasteiger partial charge in [-0.15, -0.1) is 21.5 Å². The summed E-state index contributed by atoms with van der Waals surface area (Å²) in [6, 6.07) is 0.520. The number of aryl methyl sites for hydroxylation is 1. The summed E-state index contributed by atoms with van der Waals surface area (Å²) in [4.78, 5) is 15.7. The zero-order valence-corrected chi connectivity index (χ0v) is 10.8. The van der Waals surface area contributed by atoms with E-state index in [0.29, 0.717) is 18.3 Å². The largest absolute Gasteiger partial charge is 0.343 e. The number of hydrogen-bond donors (Lipinski definition) is 1. The first-order valence-electron chi connectivity index (χ1n) is 5.82. The molecule has 18 heavy (non-hydrogen) atoms. The molecular weight excluding hydrogens is 250 g/mol. The highest BCUT2D eigenvalue weighted by molar-refractivity contribution is 7.07. The molecule has 1 aliphatic carbocycles. The zero-order chi connectivity index (χ0) is 12.5. The van der Waals surface area contributed by atoms with E-state index in [1.54, 1.807) is 10.9 Å². The van der Waals surface area contributed by atoms with Crippen LogP contribution in [0.3, 0.4) is 0 Å². The van der Waals surface area contributed by atoms with Crippen molar-refractivity contribution in [1.29, 1.82) is 0 Å². The lowest BCUT2D eigenvalue weighted by Gasteiger charge is -2.07. The number of amides is 1. The number of carbonyl (C=O) groups is 1. The number of nitrogens with zero attached hydrogens (tertiary/aromatic N) is 4. The SMILES string of the molecule is Cc1nnc(CNC(=O)c2cscn2)n1C1CC1. The molecule has 2 heterocycles. The van der Waals surface area contributed by atoms with E-state index in [1.807, 2.05) is 6.92 Å². The third-order valence-corrected chi connectivity index (χ3v) is 3.51. The van der Waals surface area contributed by atoms with Crippen LogP contribution in [0.15, 0.2) is 10.9 Å². The number of hydrogen-bond acceptors (Lipinski definition) is 5. The van der Waals surface area contributed by atoms with E-state index in [0.717, 1.165) is 11.6 Å². The Bertz CT molecular complexity index is 558. The van der Waals surface area contributed by atoms with Gasteiger partial charge in [-0.2, -0.15) is 0 Å². The van der Waals surface area contributed by atoms with Crippen molar-refractivity contribution in [1.82, 2.24) is 25.1 Å². The van der Waals surface area contributed by atoms with Crippen molar-refractivity contribution in [3.05, 3.63) is 28.2 Å². The van der Waals surface area contributed by atoms with Gasteiger partial charge in [-0.1, -0.05) is 0 Å². The molecule has 0 unspecified atom stereocenters. The molecule has 0 atom stereocenters. The van der Waals surface area contributed by atoms with Crippen molar-refractivity contribution >= 4 is 17.2 Å². The minimum atomic E-state index is -0.167. The Kier molecular flexibility index (Phi) is 2.83. The van der Waals surface area contributed by atoms with E-state index in [4.69, 9.17) is 0 Å². The van der Waals surface area contributed by atoms with Gasteiger partial charge in [0.15, 0.2) is 5.82 Å². The Hall–Kier alpha value is -1.76. The van der Waals surface area contributed by atoms with Crippen LogP contribution in [0.1, 0.15) is 41.0 Å². The first-order valence-corrected chi connectivity index (χ1v) is 6.77. The normalized spacial score (nSPS) is 14.7. The number of rotatable bonds is 4. The molecule has 0 saturated heterocycles. The average molecular weight is 263 g/mol. The molecule has 1 N–H and O–H groups in total. The molecular formula is C11H13N5OS. The highest BCUT2D eigenvalue weighted by atomic mass is 32.1. The maximum Gasteiger partial charge on any atom is 0.271 e. The van der Waals surface area contributed by atoms with Crippen LogP contribution in [0.4, 0.5) is 0 Å². The lowest BCUT2D eigenvalue weighted by molar-refractivity contribution is 0.0945. The van der Waals surface area contributed by atoms with Crippen LogP contribution in [0.2, 0.25) is 0 Å². The maximum absolute atomic E-state index is 11.8. The van der Waals surface area contributed by atoms with Gasteiger partial charge in [0.2, 0.25) is 0 Å². The minimum Gasteiger partial charge on any atom is -0.343 e. The molecule has 3 rings (SSSR count). The number of nitrogens with one attached hydrogen (secondary N) is 1. The number of carbonyl (C=O) groups excluding carboxylic acids is 1. The van der Waals surface area contributed by atoms with Gasteiger partial charge >= 0.3 is 0 Å². The Labute approximate surface area is 108 Å². The fraction of sp³-hybridized carbons (Fsp3) is 0.455. The third kappa shape index (κ3) is 2.13. The molecule has 2 aromatic rings.